The summed E-state index contributed by atoms with van der Waals surface area (Å²) in [7, 11) is -2.87. The number of sulfone groups is 1. The number of carbonyl (C=O) groups is 1. The number of allylic oxidation sites excluding steroid dienone is 1. The van der Waals surface area contributed by atoms with Crippen LogP contribution in [0.2, 0.25) is 0 Å². The maximum atomic E-state index is 13.2. The fourth-order valence-electron chi connectivity index (χ4n) is 3.03. The van der Waals surface area contributed by atoms with E-state index in [1.54, 1.807) is 48.5 Å². The van der Waals surface area contributed by atoms with Gasteiger partial charge in [-0.05, 0) is 42.8 Å². The average molecular weight is 481 g/mol. The molecule has 1 heterocycles. The van der Waals surface area contributed by atoms with Crippen molar-refractivity contribution in [3.05, 3.63) is 97.4 Å². The van der Waals surface area contributed by atoms with Gasteiger partial charge in [0.2, 0.25) is 9.84 Å². The summed E-state index contributed by atoms with van der Waals surface area (Å²) in [5.74, 6) is -0.483. The predicted octanol–water partition coefficient (Wildman–Crippen LogP) is 2.13. The molecule has 0 saturated carbocycles. The molecule has 0 aliphatic carbocycles. The van der Waals surface area contributed by atoms with Crippen molar-refractivity contribution in [2.45, 2.75) is 18.4 Å². The summed E-state index contributed by atoms with van der Waals surface area (Å²) in [6.45, 7) is 5.49. The van der Waals surface area contributed by atoms with Crippen LogP contribution in [-0.2, 0) is 21.1 Å². The third-order valence-corrected chi connectivity index (χ3v) is 7.72. The number of benzene rings is 2. The summed E-state index contributed by atoms with van der Waals surface area (Å²) < 4.78 is 32.5. The van der Waals surface area contributed by atoms with E-state index in [-0.39, 0.29) is 20.6 Å². The van der Waals surface area contributed by atoms with E-state index in [2.05, 4.69) is 11.3 Å². The topological polar surface area (TPSA) is 106 Å². The van der Waals surface area contributed by atoms with Gasteiger partial charge in [0.15, 0.2) is 4.91 Å². The van der Waals surface area contributed by atoms with Crippen molar-refractivity contribution in [1.29, 1.82) is 5.26 Å². The molecular weight excluding hydrogens is 460 g/mol. The highest BCUT2D eigenvalue weighted by molar-refractivity contribution is 8.00. The molecule has 0 atom stereocenters. The zero-order valence-corrected chi connectivity index (χ0v) is 19.6. The number of nitriles is 1. The Morgan fingerprint density at radius 3 is 2.36 bits per heavy atom. The number of aryl methyl sites for hydroxylation is 1. The molecule has 0 bridgehead atoms. The standard InChI is InChI=1S/C24H20N2O5S2/c1-4-13-26-22(27)20(14-17-7-9-18(10-8-17)24(28)31-3)32-23(26)21(15-25)33(29,30)19-11-5-16(2)6-12-19/h4-12,14H,1,13H2,2-3H3. The van der Waals surface area contributed by atoms with Crippen molar-refractivity contribution in [3.8, 4) is 6.07 Å². The second kappa shape index (κ2) is 9.81. The van der Waals surface area contributed by atoms with Crippen LogP contribution in [0.3, 0.4) is 0 Å². The molecule has 0 spiro atoms. The first-order valence-electron chi connectivity index (χ1n) is 9.69. The van der Waals surface area contributed by atoms with Gasteiger partial charge in [-0.2, -0.15) is 5.26 Å². The summed E-state index contributed by atoms with van der Waals surface area (Å²) in [6, 6.07) is 14.3. The van der Waals surface area contributed by atoms with Gasteiger partial charge in [-0.3, -0.25) is 9.36 Å². The number of ether oxygens (including phenoxy) is 1. The summed E-state index contributed by atoms with van der Waals surface area (Å²) in [5, 5.41) is 9.76. The highest BCUT2D eigenvalue weighted by Gasteiger charge is 2.24. The minimum absolute atomic E-state index is 0.0282. The van der Waals surface area contributed by atoms with Crippen LogP contribution in [0.5, 0.6) is 0 Å². The van der Waals surface area contributed by atoms with Crippen LogP contribution >= 0.6 is 11.3 Å². The summed E-state index contributed by atoms with van der Waals surface area (Å²) in [5.41, 5.74) is 1.41. The maximum Gasteiger partial charge on any atom is 0.337 e. The first kappa shape index (κ1) is 23.9. The van der Waals surface area contributed by atoms with Gasteiger partial charge in [0.05, 0.1) is 22.1 Å². The number of hydrogen-bond donors (Lipinski definition) is 0. The third kappa shape index (κ3) is 4.87. The molecule has 1 aromatic heterocycles. The second-order valence-corrected chi connectivity index (χ2v) is 9.91. The Labute approximate surface area is 194 Å². The molecule has 3 rings (SSSR count). The fraction of sp³-hybridized carbons (Fsp3) is 0.125. The van der Waals surface area contributed by atoms with E-state index in [1.165, 1.54) is 29.9 Å². The lowest BCUT2D eigenvalue weighted by Crippen LogP contribution is -2.32. The molecule has 0 aliphatic heterocycles. The lowest BCUT2D eigenvalue weighted by Gasteiger charge is -2.04. The lowest BCUT2D eigenvalue weighted by atomic mass is 10.1. The molecule has 0 amide bonds. The van der Waals surface area contributed by atoms with Gasteiger partial charge in [-0.25, -0.2) is 13.2 Å². The van der Waals surface area contributed by atoms with E-state index in [0.717, 1.165) is 16.9 Å². The van der Waals surface area contributed by atoms with Crippen molar-refractivity contribution in [1.82, 2.24) is 4.57 Å². The second-order valence-electron chi connectivity index (χ2n) is 6.99. The van der Waals surface area contributed by atoms with E-state index in [0.29, 0.717) is 11.1 Å². The molecular formula is C24H20N2O5S2. The zero-order chi connectivity index (χ0) is 24.2. The monoisotopic (exact) mass is 480 g/mol. The molecule has 168 valence electrons. The van der Waals surface area contributed by atoms with Gasteiger partial charge in [0.25, 0.3) is 5.56 Å². The van der Waals surface area contributed by atoms with Gasteiger partial charge >= 0.3 is 5.97 Å². The Morgan fingerprint density at radius 2 is 1.82 bits per heavy atom. The largest absolute Gasteiger partial charge is 0.465 e. The average Bonchev–Trinajstić information content (AvgIpc) is 3.09. The number of carbonyl (C=O) groups excluding carboxylic acids is 1. The summed E-state index contributed by atoms with van der Waals surface area (Å²) in [6.07, 6.45) is 3.03. The Hall–Kier alpha value is -3.74. The van der Waals surface area contributed by atoms with Crippen LogP contribution in [0.15, 0.2) is 70.9 Å². The van der Waals surface area contributed by atoms with Crippen LogP contribution in [-0.4, -0.2) is 26.1 Å². The summed E-state index contributed by atoms with van der Waals surface area (Å²) >= 11 is 0.910. The molecule has 0 fully saturated rings. The number of hydrogen-bond acceptors (Lipinski definition) is 7. The minimum Gasteiger partial charge on any atom is -0.465 e. The number of methoxy groups -OCH3 is 1. The van der Waals surface area contributed by atoms with Crippen LogP contribution in [0.4, 0.5) is 0 Å². The molecule has 0 N–H and O–H groups in total. The molecule has 0 saturated heterocycles. The molecule has 0 radical (unpaired) electrons. The Morgan fingerprint density at radius 1 is 1.18 bits per heavy atom. The number of rotatable bonds is 6. The number of nitrogens with zero attached hydrogens (tertiary/aromatic N) is 2. The minimum atomic E-state index is -4.15. The zero-order valence-electron chi connectivity index (χ0n) is 17.9. The van der Waals surface area contributed by atoms with E-state index in [4.69, 9.17) is 0 Å². The third-order valence-electron chi connectivity index (χ3n) is 4.74. The van der Waals surface area contributed by atoms with Crippen LogP contribution in [0.1, 0.15) is 21.5 Å². The Balaban J connectivity index is 2.26. The van der Waals surface area contributed by atoms with Crippen molar-refractivity contribution in [2.24, 2.45) is 0 Å². The smallest absolute Gasteiger partial charge is 0.337 e. The molecule has 0 aliphatic rings. The molecule has 0 unspecified atom stereocenters. The summed E-state index contributed by atoms with van der Waals surface area (Å²) in [4.78, 5) is 24.1. The van der Waals surface area contributed by atoms with Crippen LogP contribution in [0, 0.1) is 18.3 Å². The van der Waals surface area contributed by atoms with Gasteiger partial charge in [-0.1, -0.05) is 35.9 Å². The van der Waals surface area contributed by atoms with Crippen molar-refractivity contribution in [3.63, 3.8) is 0 Å². The van der Waals surface area contributed by atoms with Gasteiger partial charge < -0.3 is 4.74 Å². The SMILES string of the molecule is C=CCn1c(=C(C#N)S(=O)(=O)c2ccc(C)cc2)sc(=Cc2ccc(C(=O)OC)cc2)c1=O. The molecule has 2 aromatic carbocycles. The molecule has 9 heteroatoms. The van der Waals surface area contributed by atoms with E-state index < -0.39 is 26.3 Å². The molecule has 7 nitrogen and oxygen atoms in total. The Kier molecular flexibility index (Phi) is 7.11. The number of aromatic nitrogens is 1. The fourth-order valence-corrected chi connectivity index (χ4v) is 5.68. The lowest BCUT2D eigenvalue weighted by molar-refractivity contribution is 0.0600. The van der Waals surface area contributed by atoms with E-state index >= 15 is 0 Å². The molecule has 33 heavy (non-hydrogen) atoms. The van der Waals surface area contributed by atoms with E-state index in [1.807, 2.05) is 6.92 Å². The van der Waals surface area contributed by atoms with Gasteiger partial charge in [-0.15, -0.1) is 17.9 Å². The van der Waals surface area contributed by atoms with Gasteiger partial charge in [0, 0.05) is 6.54 Å². The Bertz CT molecular complexity index is 1540. The normalized spacial score (nSPS) is 12.7. The van der Waals surface area contributed by atoms with E-state index in [9.17, 15) is 23.3 Å². The maximum absolute atomic E-state index is 13.2. The van der Waals surface area contributed by atoms with Crippen LogP contribution in [0.25, 0.3) is 11.0 Å². The first-order chi connectivity index (χ1) is 15.7. The van der Waals surface area contributed by atoms with Gasteiger partial charge in [0.1, 0.15) is 10.7 Å². The van der Waals surface area contributed by atoms with Crippen LogP contribution < -0.4 is 14.8 Å². The number of esters is 1. The predicted molar refractivity (Wildman–Crippen MR) is 127 cm³/mol. The van der Waals surface area contributed by atoms with Crippen molar-refractivity contribution in [2.75, 3.05) is 7.11 Å². The van der Waals surface area contributed by atoms with Crippen molar-refractivity contribution >= 4 is 38.1 Å². The first-order valence-corrected chi connectivity index (χ1v) is 12.0. The highest BCUT2D eigenvalue weighted by atomic mass is 32.2. The van der Waals surface area contributed by atoms with Crippen molar-refractivity contribution < 1.29 is 17.9 Å². The number of thiazole rings is 1. The highest BCUT2D eigenvalue weighted by Crippen LogP contribution is 2.19. The quantitative estimate of drug-likeness (QED) is 0.395. The molecule has 3 aromatic rings.